The minimum absolute atomic E-state index is 0.122. The predicted octanol–water partition coefficient (Wildman–Crippen LogP) is 5.61. The van der Waals surface area contributed by atoms with Gasteiger partial charge in [0.05, 0.1) is 29.8 Å². The number of amides is 1. The summed E-state index contributed by atoms with van der Waals surface area (Å²) in [6, 6.07) is 10.3. The van der Waals surface area contributed by atoms with Gasteiger partial charge < -0.3 is 19.6 Å². The van der Waals surface area contributed by atoms with Crippen LogP contribution in [0.4, 0.5) is 18.0 Å². The number of alkyl halides is 3. The van der Waals surface area contributed by atoms with Crippen LogP contribution in [0.2, 0.25) is 0 Å². The average molecular weight is 490 g/mol. The number of halogens is 3. The first-order valence-electron chi connectivity index (χ1n) is 11.6. The Balaban J connectivity index is 1.74. The quantitative estimate of drug-likeness (QED) is 0.596. The molecule has 2 aromatic rings. The highest BCUT2D eigenvalue weighted by atomic mass is 19.4. The van der Waals surface area contributed by atoms with Crippen LogP contribution in [0.15, 0.2) is 47.5 Å². The second-order valence-corrected chi connectivity index (χ2v) is 10.1. The van der Waals surface area contributed by atoms with Crippen LogP contribution < -0.4 is 4.74 Å². The van der Waals surface area contributed by atoms with Gasteiger partial charge in [0.2, 0.25) is 0 Å². The van der Waals surface area contributed by atoms with E-state index in [1.165, 1.54) is 17.0 Å². The largest absolute Gasteiger partial charge is 0.491 e. The molecule has 1 amide bonds. The molecule has 0 aliphatic carbocycles. The van der Waals surface area contributed by atoms with Crippen LogP contribution in [-0.4, -0.2) is 65.7 Å². The maximum atomic E-state index is 13.0. The van der Waals surface area contributed by atoms with E-state index in [1.54, 1.807) is 7.05 Å². The van der Waals surface area contributed by atoms with Crippen LogP contribution in [0.3, 0.4) is 0 Å². The highest BCUT2D eigenvalue weighted by molar-refractivity contribution is 6.03. The fraction of sp³-hybridized carbons (Fsp3) is 0.462. The summed E-state index contributed by atoms with van der Waals surface area (Å²) in [4.78, 5) is 20.2. The molecule has 0 spiro atoms. The SMILES string of the molecule is CN(C(=O)O)C1CCN(C2=NCCOc3ccc(-c4ccc(C(F)(F)F)cc4)cc32)[C@H]1C(C)(C)C. The summed E-state index contributed by atoms with van der Waals surface area (Å²) in [6.45, 7) is 7.76. The molecule has 1 saturated heterocycles. The number of likely N-dealkylation sites (N-methyl/N-ethyl adjacent to an activating group) is 1. The van der Waals surface area contributed by atoms with Gasteiger partial charge in [0.25, 0.3) is 0 Å². The van der Waals surface area contributed by atoms with E-state index >= 15 is 0 Å². The van der Waals surface area contributed by atoms with Crippen molar-refractivity contribution in [3.63, 3.8) is 0 Å². The number of benzene rings is 2. The van der Waals surface area contributed by atoms with Crippen molar-refractivity contribution in [3.8, 4) is 16.9 Å². The fourth-order valence-corrected chi connectivity index (χ4v) is 5.11. The molecule has 2 aliphatic rings. The first kappa shape index (κ1) is 24.9. The lowest BCUT2D eigenvalue weighted by atomic mass is 9.82. The molecule has 2 aromatic carbocycles. The zero-order valence-electron chi connectivity index (χ0n) is 20.3. The van der Waals surface area contributed by atoms with Gasteiger partial charge in [-0.1, -0.05) is 39.0 Å². The van der Waals surface area contributed by atoms with Gasteiger partial charge >= 0.3 is 12.3 Å². The molecule has 35 heavy (non-hydrogen) atoms. The fourth-order valence-electron chi connectivity index (χ4n) is 5.11. The Morgan fingerprint density at radius 3 is 2.37 bits per heavy atom. The van der Waals surface area contributed by atoms with E-state index < -0.39 is 17.8 Å². The molecule has 4 rings (SSSR count). The Labute approximate surface area is 203 Å². The van der Waals surface area contributed by atoms with Gasteiger partial charge in [-0.2, -0.15) is 13.2 Å². The summed E-state index contributed by atoms with van der Waals surface area (Å²) in [5.41, 5.74) is 1.22. The minimum atomic E-state index is -4.39. The van der Waals surface area contributed by atoms with Gasteiger partial charge in [-0.25, -0.2) is 4.79 Å². The maximum Gasteiger partial charge on any atom is 0.416 e. The zero-order chi connectivity index (χ0) is 25.5. The molecular weight excluding hydrogens is 459 g/mol. The molecular formula is C26H30F3N3O3. The van der Waals surface area contributed by atoms with Gasteiger partial charge in [-0.15, -0.1) is 0 Å². The lowest BCUT2D eigenvalue weighted by molar-refractivity contribution is -0.137. The molecule has 1 unspecified atom stereocenters. The van der Waals surface area contributed by atoms with Gasteiger partial charge in [-0.3, -0.25) is 4.99 Å². The number of hydrogen-bond donors (Lipinski definition) is 1. The molecule has 0 saturated carbocycles. The van der Waals surface area contributed by atoms with E-state index in [0.717, 1.165) is 29.1 Å². The van der Waals surface area contributed by atoms with E-state index in [4.69, 9.17) is 9.73 Å². The van der Waals surface area contributed by atoms with Crippen molar-refractivity contribution < 1.29 is 27.8 Å². The molecule has 0 radical (unpaired) electrons. The summed E-state index contributed by atoms with van der Waals surface area (Å²) >= 11 is 0. The summed E-state index contributed by atoms with van der Waals surface area (Å²) in [6.07, 6.45) is -4.70. The summed E-state index contributed by atoms with van der Waals surface area (Å²) < 4.78 is 45.0. The normalized spacial score (nSPS) is 20.5. The van der Waals surface area contributed by atoms with Gasteiger partial charge in [0.15, 0.2) is 0 Å². The monoisotopic (exact) mass is 489 g/mol. The number of amidine groups is 1. The Kier molecular flexibility index (Phi) is 6.46. The number of fused-ring (bicyclic) bond motifs is 1. The van der Waals surface area contributed by atoms with Gasteiger partial charge in [0.1, 0.15) is 18.2 Å². The Bertz CT molecular complexity index is 1120. The molecule has 9 heteroatoms. The lowest BCUT2D eigenvalue weighted by Crippen LogP contribution is -2.53. The van der Waals surface area contributed by atoms with Crippen molar-refractivity contribution in [2.75, 3.05) is 26.7 Å². The Morgan fingerprint density at radius 1 is 1.11 bits per heavy atom. The molecule has 188 valence electrons. The smallest absolute Gasteiger partial charge is 0.416 e. The number of rotatable bonds is 2. The first-order valence-corrected chi connectivity index (χ1v) is 11.6. The molecule has 6 nitrogen and oxygen atoms in total. The van der Waals surface area contributed by atoms with Gasteiger partial charge in [-0.05, 0) is 47.2 Å². The van der Waals surface area contributed by atoms with Crippen LogP contribution in [0.5, 0.6) is 5.75 Å². The second-order valence-electron chi connectivity index (χ2n) is 10.1. The highest BCUT2D eigenvalue weighted by Gasteiger charge is 2.46. The minimum Gasteiger partial charge on any atom is -0.491 e. The molecule has 2 atom stereocenters. The number of carbonyl (C=O) groups is 1. The van der Waals surface area contributed by atoms with Crippen molar-refractivity contribution in [3.05, 3.63) is 53.6 Å². The van der Waals surface area contributed by atoms with E-state index in [9.17, 15) is 23.1 Å². The number of likely N-dealkylation sites (tertiary alicyclic amines) is 1. The number of hydrogen-bond acceptors (Lipinski definition) is 4. The van der Waals surface area contributed by atoms with Crippen LogP contribution in [0.25, 0.3) is 11.1 Å². The molecule has 0 bridgehead atoms. The van der Waals surface area contributed by atoms with Crippen LogP contribution in [0, 0.1) is 5.41 Å². The average Bonchev–Trinajstić information content (AvgIpc) is 3.13. The van der Waals surface area contributed by atoms with Crippen molar-refractivity contribution in [2.45, 2.75) is 45.5 Å². The Morgan fingerprint density at radius 2 is 1.77 bits per heavy atom. The van der Waals surface area contributed by atoms with Crippen molar-refractivity contribution >= 4 is 11.9 Å². The molecule has 2 aliphatic heterocycles. The summed E-state index contributed by atoms with van der Waals surface area (Å²) in [7, 11) is 1.60. The van der Waals surface area contributed by atoms with Crippen LogP contribution in [0.1, 0.15) is 38.3 Å². The standard InChI is InChI=1S/C26H30F3N3O3/c1-25(2,3)22-20(31(4)24(33)34)11-13-32(22)23-19-15-17(7-10-21(19)35-14-12-30-23)16-5-8-18(9-6-16)26(27,28)29/h5-10,15,20,22H,11-14H2,1-4H3,(H,33,34)/t20?,22-/m1/s1. The number of aliphatic imine (C=N–C) groups is 1. The second kappa shape index (κ2) is 9.09. The molecule has 2 heterocycles. The molecule has 0 aromatic heterocycles. The number of nitrogens with zero attached hydrogens (tertiary/aromatic N) is 3. The van der Waals surface area contributed by atoms with Crippen molar-refractivity contribution in [1.82, 2.24) is 9.80 Å². The van der Waals surface area contributed by atoms with Crippen molar-refractivity contribution in [2.24, 2.45) is 10.4 Å². The van der Waals surface area contributed by atoms with E-state index in [1.807, 2.05) is 18.2 Å². The number of carboxylic acid groups (broad SMARTS) is 1. The lowest BCUT2D eigenvalue weighted by Gasteiger charge is -2.41. The highest BCUT2D eigenvalue weighted by Crippen LogP contribution is 2.39. The number of ether oxygens (including phenoxy) is 1. The predicted molar refractivity (Wildman–Crippen MR) is 128 cm³/mol. The third kappa shape index (κ3) is 4.94. The van der Waals surface area contributed by atoms with Crippen LogP contribution >= 0.6 is 0 Å². The van der Waals surface area contributed by atoms with E-state index in [2.05, 4.69) is 25.7 Å². The summed E-state index contributed by atoms with van der Waals surface area (Å²) in [5.74, 6) is 1.38. The topological polar surface area (TPSA) is 65.4 Å². The molecule has 1 fully saturated rings. The van der Waals surface area contributed by atoms with Crippen molar-refractivity contribution in [1.29, 1.82) is 0 Å². The third-order valence-corrected chi connectivity index (χ3v) is 6.70. The first-order chi connectivity index (χ1) is 16.4. The summed E-state index contributed by atoms with van der Waals surface area (Å²) in [5, 5.41) is 9.64. The third-order valence-electron chi connectivity index (χ3n) is 6.70. The Hall–Kier alpha value is -3.23. The molecule has 1 N–H and O–H groups in total. The maximum absolute atomic E-state index is 13.0. The zero-order valence-corrected chi connectivity index (χ0v) is 20.3. The van der Waals surface area contributed by atoms with E-state index in [-0.39, 0.29) is 17.5 Å². The van der Waals surface area contributed by atoms with E-state index in [0.29, 0.717) is 37.4 Å². The van der Waals surface area contributed by atoms with Gasteiger partial charge in [0, 0.05) is 13.6 Å². The van der Waals surface area contributed by atoms with Crippen LogP contribution in [-0.2, 0) is 6.18 Å².